The van der Waals surface area contributed by atoms with Gasteiger partial charge in [0, 0.05) is 17.8 Å². The molecule has 1 saturated carbocycles. The van der Waals surface area contributed by atoms with Gasteiger partial charge in [0.05, 0.1) is 17.1 Å². The summed E-state index contributed by atoms with van der Waals surface area (Å²) in [5.41, 5.74) is 4.52. The Balaban J connectivity index is 1.41. The summed E-state index contributed by atoms with van der Waals surface area (Å²) in [6, 6.07) is 31.3. The molecule has 0 radical (unpaired) electrons. The van der Waals surface area contributed by atoms with E-state index in [1.54, 1.807) is 4.90 Å². The number of nitrogens with zero attached hydrogens (tertiary/aromatic N) is 3. The van der Waals surface area contributed by atoms with Gasteiger partial charge in [0.2, 0.25) is 5.91 Å². The second kappa shape index (κ2) is 8.34. The monoisotopic (exact) mass is 447 g/mol. The Morgan fingerprint density at radius 3 is 2.12 bits per heavy atom. The number of hydrogen-bond donors (Lipinski definition) is 0. The van der Waals surface area contributed by atoms with Crippen LogP contribution in [0.5, 0.6) is 0 Å². The van der Waals surface area contributed by atoms with Gasteiger partial charge in [0.1, 0.15) is 12.6 Å². The van der Waals surface area contributed by atoms with Crippen molar-refractivity contribution in [3.63, 3.8) is 0 Å². The van der Waals surface area contributed by atoms with E-state index in [9.17, 15) is 9.59 Å². The van der Waals surface area contributed by atoms with Gasteiger partial charge in [-0.1, -0.05) is 60.7 Å². The number of benzene rings is 3. The molecule has 1 aliphatic heterocycles. The van der Waals surface area contributed by atoms with Gasteiger partial charge in [-0.25, -0.2) is 0 Å². The quantitative estimate of drug-likeness (QED) is 0.421. The average molecular weight is 448 g/mol. The topological polar surface area (TPSA) is 45.6 Å². The summed E-state index contributed by atoms with van der Waals surface area (Å²) < 4.78 is 2.16. The summed E-state index contributed by atoms with van der Waals surface area (Å²) in [6.07, 6.45) is 3.92. The lowest BCUT2D eigenvalue weighted by Crippen LogP contribution is -2.47. The second-order valence-corrected chi connectivity index (χ2v) is 8.90. The zero-order chi connectivity index (χ0) is 23.1. The standard InChI is InChI=1S/C29H25N3O2/c33-27(20-31(23-17-18-23)29(34)22-12-5-2-6-13-22)32-25-15-8-7-14-24(25)30-19-9-16-26(30)28(32)21-10-3-1-4-11-21/h1-16,19,23,28H,17-18,20H2. The van der Waals surface area contributed by atoms with Crippen LogP contribution < -0.4 is 4.90 Å². The van der Waals surface area contributed by atoms with Crippen molar-refractivity contribution in [1.82, 2.24) is 9.47 Å². The number of fused-ring (bicyclic) bond motifs is 3. The van der Waals surface area contributed by atoms with E-state index in [4.69, 9.17) is 0 Å². The minimum atomic E-state index is -0.272. The first kappa shape index (κ1) is 20.5. The SMILES string of the molecule is O=C(c1ccccc1)N(CC(=O)N1c2ccccc2-n2cccc2C1c1ccccc1)C1CC1. The lowest BCUT2D eigenvalue weighted by Gasteiger charge is -2.39. The fourth-order valence-electron chi connectivity index (χ4n) is 4.93. The molecule has 0 bridgehead atoms. The number of amides is 2. The molecule has 1 atom stereocenters. The van der Waals surface area contributed by atoms with Gasteiger partial charge in [-0.3, -0.25) is 14.5 Å². The number of rotatable bonds is 5. The highest BCUT2D eigenvalue weighted by molar-refractivity contribution is 6.02. The van der Waals surface area contributed by atoms with E-state index in [0.29, 0.717) is 5.56 Å². The molecule has 0 saturated heterocycles. The van der Waals surface area contributed by atoms with Crippen LogP contribution in [0.2, 0.25) is 0 Å². The Labute approximate surface area is 198 Å². The van der Waals surface area contributed by atoms with Crippen LogP contribution in [0.3, 0.4) is 0 Å². The van der Waals surface area contributed by atoms with E-state index >= 15 is 0 Å². The van der Waals surface area contributed by atoms with Crippen molar-refractivity contribution in [3.8, 4) is 5.69 Å². The molecule has 3 aromatic carbocycles. The van der Waals surface area contributed by atoms with Gasteiger partial charge in [-0.05, 0) is 54.8 Å². The smallest absolute Gasteiger partial charge is 0.254 e. The van der Waals surface area contributed by atoms with Gasteiger partial charge >= 0.3 is 0 Å². The van der Waals surface area contributed by atoms with Crippen LogP contribution in [0, 0.1) is 0 Å². The molecule has 0 spiro atoms. The van der Waals surface area contributed by atoms with Crippen molar-refractivity contribution in [1.29, 1.82) is 0 Å². The first-order chi connectivity index (χ1) is 16.7. The Bertz CT molecular complexity index is 1340. The van der Waals surface area contributed by atoms with Crippen molar-refractivity contribution in [3.05, 3.63) is 120 Å². The Kier molecular flexibility index (Phi) is 5.02. The molecule has 34 heavy (non-hydrogen) atoms. The Morgan fingerprint density at radius 2 is 1.41 bits per heavy atom. The van der Waals surface area contributed by atoms with Crippen LogP contribution in [0.4, 0.5) is 5.69 Å². The summed E-state index contributed by atoms with van der Waals surface area (Å²) in [5, 5.41) is 0. The number of carbonyl (C=O) groups excluding carboxylic acids is 2. The predicted octanol–water partition coefficient (Wildman–Crippen LogP) is 5.22. The Morgan fingerprint density at radius 1 is 0.765 bits per heavy atom. The van der Waals surface area contributed by atoms with Crippen molar-refractivity contribution >= 4 is 17.5 Å². The third-order valence-electron chi connectivity index (χ3n) is 6.68. The van der Waals surface area contributed by atoms with E-state index < -0.39 is 0 Å². The zero-order valence-corrected chi connectivity index (χ0v) is 18.7. The molecule has 5 heteroatoms. The number of aromatic nitrogens is 1. The largest absolute Gasteiger partial charge is 0.326 e. The molecule has 168 valence electrons. The van der Waals surface area contributed by atoms with Gasteiger partial charge in [-0.15, -0.1) is 0 Å². The molecule has 1 fully saturated rings. The number of para-hydroxylation sites is 2. The van der Waals surface area contributed by atoms with Gasteiger partial charge in [0.15, 0.2) is 0 Å². The van der Waals surface area contributed by atoms with Crippen LogP contribution >= 0.6 is 0 Å². The fraction of sp³-hybridized carbons (Fsp3) is 0.172. The van der Waals surface area contributed by atoms with E-state index in [2.05, 4.69) is 22.8 Å². The van der Waals surface area contributed by atoms with Crippen LogP contribution in [0.15, 0.2) is 103 Å². The normalized spacial score (nSPS) is 16.5. The first-order valence-electron chi connectivity index (χ1n) is 11.7. The van der Waals surface area contributed by atoms with Gasteiger partial charge < -0.3 is 9.47 Å². The van der Waals surface area contributed by atoms with E-state index in [1.165, 1.54) is 0 Å². The summed E-state index contributed by atoms with van der Waals surface area (Å²) in [4.78, 5) is 31.1. The first-order valence-corrected chi connectivity index (χ1v) is 11.7. The van der Waals surface area contributed by atoms with Crippen LogP contribution in [0.25, 0.3) is 5.69 Å². The highest BCUT2D eigenvalue weighted by atomic mass is 16.2. The molecular weight excluding hydrogens is 422 g/mol. The molecule has 2 heterocycles. The van der Waals surface area contributed by atoms with Crippen LogP contribution in [0.1, 0.15) is 40.5 Å². The van der Waals surface area contributed by atoms with Gasteiger partial charge in [0.25, 0.3) is 5.91 Å². The van der Waals surface area contributed by atoms with E-state index in [0.717, 1.165) is 35.5 Å². The van der Waals surface area contributed by atoms with Crippen molar-refractivity contribution < 1.29 is 9.59 Å². The molecule has 2 amide bonds. The third-order valence-corrected chi connectivity index (χ3v) is 6.68. The van der Waals surface area contributed by atoms with Gasteiger partial charge in [-0.2, -0.15) is 0 Å². The van der Waals surface area contributed by atoms with Crippen LogP contribution in [-0.4, -0.2) is 33.9 Å². The van der Waals surface area contributed by atoms with Crippen molar-refractivity contribution in [2.24, 2.45) is 0 Å². The highest BCUT2D eigenvalue weighted by Gasteiger charge is 2.40. The lowest BCUT2D eigenvalue weighted by atomic mass is 9.97. The molecule has 1 aliphatic carbocycles. The molecule has 2 aliphatic rings. The zero-order valence-electron chi connectivity index (χ0n) is 18.7. The fourth-order valence-corrected chi connectivity index (χ4v) is 4.93. The van der Waals surface area contributed by atoms with E-state index in [1.807, 2.05) is 90.0 Å². The maximum absolute atomic E-state index is 14.1. The van der Waals surface area contributed by atoms with Crippen molar-refractivity contribution in [2.75, 3.05) is 11.4 Å². The maximum atomic E-state index is 14.1. The molecule has 5 nitrogen and oxygen atoms in total. The minimum absolute atomic E-state index is 0.0524. The molecule has 1 aromatic heterocycles. The molecule has 6 rings (SSSR count). The molecule has 0 N–H and O–H groups in total. The minimum Gasteiger partial charge on any atom is -0.326 e. The van der Waals surface area contributed by atoms with E-state index in [-0.39, 0.29) is 30.4 Å². The molecule has 1 unspecified atom stereocenters. The highest BCUT2D eigenvalue weighted by Crippen LogP contribution is 2.42. The Hall–Kier alpha value is -4.12. The number of anilines is 1. The lowest BCUT2D eigenvalue weighted by molar-refractivity contribution is -0.119. The predicted molar refractivity (Wildman–Crippen MR) is 132 cm³/mol. The number of carbonyl (C=O) groups is 2. The third kappa shape index (κ3) is 3.50. The second-order valence-electron chi connectivity index (χ2n) is 8.90. The molecule has 4 aromatic rings. The molecular formula is C29H25N3O2. The maximum Gasteiger partial charge on any atom is 0.254 e. The summed E-state index contributed by atoms with van der Waals surface area (Å²) in [7, 11) is 0. The summed E-state index contributed by atoms with van der Waals surface area (Å²) in [6.45, 7) is 0.0524. The van der Waals surface area contributed by atoms with Crippen molar-refractivity contribution in [2.45, 2.75) is 24.9 Å². The number of hydrogen-bond acceptors (Lipinski definition) is 2. The summed E-state index contributed by atoms with van der Waals surface area (Å²) >= 11 is 0. The average Bonchev–Trinajstić information content (AvgIpc) is 3.62. The summed E-state index contributed by atoms with van der Waals surface area (Å²) in [5.74, 6) is -0.161. The van der Waals surface area contributed by atoms with Crippen LogP contribution in [-0.2, 0) is 4.79 Å².